The van der Waals surface area contributed by atoms with Crippen LogP contribution in [0.1, 0.15) is 18.2 Å². The highest BCUT2D eigenvalue weighted by Crippen LogP contribution is 2.19. The Hall–Kier alpha value is -2.08. The van der Waals surface area contributed by atoms with Gasteiger partial charge in [-0.15, -0.1) is 5.10 Å². The molecule has 0 saturated carbocycles. The maximum Gasteiger partial charge on any atom is 0.192 e. The summed E-state index contributed by atoms with van der Waals surface area (Å²) in [7, 11) is 0. The third-order valence-corrected chi connectivity index (χ3v) is 2.77. The summed E-state index contributed by atoms with van der Waals surface area (Å²) < 4.78 is 1.57. The highest BCUT2D eigenvalue weighted by molar-refractivity contribution is 6.30. The molecule has 0 saturated heterocycles. The third-order valence-electron chi connectivity index (χ3n) is 2.53. The molecule has 0 bridgehead atoms. The number of nitrogens with two attached hydrogens (primary N) is 1. The van der Waals surface area contributed by atoms with E-state index in [0.717, 1.165) is 17.7 Å². The van der Waals surface area contributed by atoms with Crippen LogP contribution in [0.2, 0.25) is 5.02 Å². The van der Waals surface area contributed by atoms with Crippen molar-refractivity contribution in [2.24, 2.45) is 10.9 Å². The summed E-state index contributed by atoms with van der Waals surface area (Å²) in [5, 5.41) is 19.9. The number of halogens is 1. The minimum absolute atomic E-state index is 0.0757. The fourth-order valence-corrected chi connectivity index (χ4v) is 1.81. The van der Waals surface area contributed by atoms with Gasteiger partial charge in [0.05, 0.1) is 11.9 Å². The van der Waals surface area contributed by atoms with Crippen molar-refractivity contribution >= 4 is 17.4 Å². The molecule has 7 heteroatoms. The van der Waals surface area contributed by atoms with Crippen molar-refractivity contribution in [1.82, 2.24) is 15.0 Å². The third kappa shape index (κ3) is 2.28. The topological polar surface area (TPSA) is 89.3 Å². The molecule has 0 aliphatic rings. The average Bonchev–Trinajstić information content (AvgIpc) is 2.87. The van der Waals surface area contributed by atoms with Crippen LogP contribution < -0.4 is 5.73 Å². The molecule has 0 atom stereocenters. The van der Waals surface area contributed by atoms with E-state index in [-0.39, 0.29) is 5.84 Å². The van der Waals surface area contributed by atoms with E-state index in [2.05, 4.69) is 15.5 Å². The van der Waals surface area contributed by atoms with Gasteiger partial charge < -0.3 is 10.9 Å². The van der Waals surface area contributed by atoms with Crippen LogP contribution in [0.4, 0.5) is 0 Å². The van der Waals surface area contributed by atoms with Crippen LogP contribution >= 0.6 is 11.6 Å². The molecule has 1 aromatic carbocycles. The monoisotopic (exact) mass is 265 g/mol. The maximum atomic E-state index is 8.57. The normalized spacial score (nSPS) is 11.8. The lowest BCUT2D eigenvalue weighted by Crippen LogP contribution is -2.13. The van der Waals surface area contributed by atoms with Gasteiger partial charge >= 0.3 is 0 Å². The van der Waals surface area contributed by atoms with E-state index < -0.39 is 0 Å². The predicted molar refractivity (Wildman–Crippen MR) is 68.3 cm³/mol. The summed E-state index contributed by atoms with van der Waals surface area (Å²) in [5.74, 6) is -0.0757. The summed E-state index contributed by atoms with van der Waals surface area (Å²) >= 11 is 5.94. The molecule has 0 amide bonds. The van der Waals surface area contributed by atoms with Gasteiger partial charge in [-0.2, -0.15) is 0 Å². The van der Waals surface area contributed by atoms with Crippen LogP contribution in [0.25, 0.3) is 5.69 Å². The van der Waals surface area contributed by atoms with Crippen molar-refractivity contribution in [3.05, 3.63) is 40.7 Å². The van der Waals surface area contributed by atoms with E-state index in [4.69, 9.17) is 22.5 Å². The molecule has 0 aliphatic heterocycles. The first-order chi connectivity index (χ1) is 8.65. The number of nitrogens with zero attached hydrogens (tertiary/aromatic N) is 4. The molecular formula is C11H12ClN5O. The zero-order valence-electron chi connectivity index (χ0n) is 9.71. The molecule has 18 heavy (non-hydrogen) atoms. The van der Waals surface area contributed by atoms with E-state index >= 15 is 0 Å². The van der Waals surface area contributed by atoms with Gasteiger partial charge in [0.25, 0.3) is 0 Å². The Morgan fingerprint density at radius 2 is 2.33 bits per heavy atom. The molecule has 94 valence electrons. The Kier molecular flexibility index (Phi) is 3.47. The molecule has 2 aromatic rings. The smallest absolute Gasteiger partial charge is 0.192 e. The van der Waals surface area contributed by atoms with Crippen LogP contribution in [-0.2, 0) is 6.42 Å². The molecule has 0 unspecified atom stereocenters. The summed E-state index contributed by atoms with van der Waals surface area (Å²) in [5.41, 5.74) is 7.67. The Morgan fingerprint density at radius 3 is 3.00 bits per heavy atom. The van der Waals surface area contributed by atoms with Crippen molar-refractivity contribution in [1.29, 1.82) is 0 Å². The largest absolute Gasteiger partial charge is 0.409 e. The fraction of sp³-hybridized carbons (Fsp3) is 0.182. The van der Waals surface area contributed by atoms with E-state index in [1.165, 1.54) is 0 Å². The lowest BCUT2D eigenvalue weighted by atomic mass is 10.1. The van der Waals surface area contributed by atoms with Gasteiger partial charge in [-0.25, -0.2) is 4.68 Å². The molecule has 3 N–H and O–H groups in total. The SMILES string of the molecule is CCc1cc(Cl)ccc1-n1cc(/C(N)=N/O)nn1. The van der Waals surface area contributed by atoms with E-state index in [1.807, 2.05) is 19.1 Å². The summed E-state index contributed by atoms with van der Waals surface area (Å²) in [6.45, 7) is 2.02. The Balaban J connectivity index is 2.46. The molecule has 6 nitrogen and oxygen atoms in total. The van der Waals surface area contributed by atoms with Crippen LogP contribution in [0, 0.1) is 0 Å². The zero-order valence-corrected chi connectivity index (χ0v) is 10.5. The van der Waals surface area contributed by atoms with Crippen molar-refractivity contribution < 1.29 is 5.21 Å². The molecule has 2 rings (SSSR count). The Morgan fingerprint density at radius 1 is 1.56 bits per heavy atom. The van der Waals surface area contributed by atoms with Crippen LogP contribution in [0.15, 0.2) is 29.6 Å². The number of hydrogen-bond acceptors (Lipinski definition) is 4. The summed E-state index contributed by atoms with van der Waals surface area (Å²) in [6, 6.07) is 5.51. The lowest BCUT2D eigenvalue weighted by Gasteiger charge is -2.07. The van der Waals surface area contributed by atoms with E-state index in [0.29, 0.717) is 10.7 Å². The van der Waals surface area contributed by atoms with Gasteiger partial charge in [0.2, 0.25) is 0 Å². The summed E-state index contributed by atoms with van der Waals surface area (Å²) in [4.78, 5) is 0. The predicted octanol–water partition coefficient (Wildman–Crippen LogP) is 1.58. The van der Waals surface area contributed by atoms with Crippen LogP contribution in [0.5, 0.6) is 0 Å². The lowest BCUT2D eigenvalue weighted by molar-refractivity contribution is 0.318. The van der Waals surface area contributed by atoms with Crippen molar-refractivity contribution in [2.45, 2.75) is 13.3 Å². The second-order valence-corrected chi connectivity index (χ2v) is 4.10. The number of benzene rings is 1. The minimum Gasteiger partial charge on any atom is -0.409 e. The number of oxime groups is 1. The molecule has 1 heterocycles. The second-order valence-electron chi connectivity index (χ2n) is 3.66. The van der Waals surface area contributed by atoms with Crippen LogP contribution in [0.3, 0.4) is 0 Å². The van der Waals surface area contributed by atoms with E-state index in [9.17, 15) is 0 Å². The number of hydrogen-bond donors (Lipinski definition) is 2. The molecule has 0 fully saturated rings. The van der Waals surface area contributed by atoms with Crippen LogP contribution in [-0.4, -0.2) is 26.0 Å². The molecule has 0 aliphatic carbocycles. The van der Waals surface area contributed by atoms with E-state index in [1.54, 1.807) is 16.9 Å². The quantitative estimate of drug-likeness (QED) is 0.382. The maximum absolute atomic E-state index is 8.57. The Labute approximate surface area is 109 Å². The van der Waals surface area contributed by atoms with Crippen molar-refractivity contribution in [3.8, 4) is 5.69 Å². The standard InChI is InChI=1S/C11H12ClN5O/c1-2-7-5-8(12)3-4-10(7)17-6-9(14-16-17)11(13)15-18/h3-6,18H,2H2,1H3,(H2,13,15). The molecule has 0 radical (unpaired) electrons. The minimum atomic E-state index is -0.0757. The van der Waals surface area contributed by atoms with Gasteiger partial charge in [0, 0.05) is 5.02 Å². The number of aryl methyl sites for hydroxylation is 1. The number of amidine groups is 1. The first-order valence-corrected chi connectivity index (χ1v) is 5.72. The second kappa shape index (κ2) is 5.05. The first-order valence-electron chi connectivity index (χ1n) is 5.34. The van der Waals surface area contributed by atoms with Gasteiger partial charge in [-0.05, 0) is 30.2 Å². The summed E-state index contributed by atoms with van der Waals surface area (Å²) in [6.07, 6.45) is 2.41. The fourth-order valence-electron chi connectivity index (χ4n) is 1.61. The van der Waals surface area contributed by atoms with Gasteiger partial charge in [0.15, 0.2) is 11.5 Å². The average molecular weight is 266 g/mol. The zero-order chi connectivity index (χ0) is 13.1. The molecular weight excluding hydrogens is 254 g/mol. The molecule has 0 spiro atoms. The van der Waals surface area contributed by atoms with Crippen molar-refractivity contribution in [3.63, 3.8) is 0 Å². The number of aromatic nitrogens is 3. The highest BCUT2D eigenvalue weighted by Gasteiger charge is 2.09. The highest BCUT2D eigenvalue weighted by atomic mass is 35.5. The van der Waals surface area contributed by atoms with Gasteiger partial charge in [-0.1, -0.05) is 28.9 Å². The van der Waals surface area contributed by atoms with Crippen molar-refractivity contribution in [2.75, 3.05) is 0 Å². The first kappa shape index (κ1) is 12.4. The molecule has 1 aromatic heterocycles. The van der Waals surface area contributed by atoms with Gasteiger partial charge in [0.1, 0.15) is 0 Å². The van der Waals surface area contributed by atoms with Gasteiger partial charge in [-0.3, -0.25) is 0 Å². The Bertz CT molecular complexity index is 593. The number of rotatable bonds is 3.